The van der Waals surface area contributed by atoms with E-state index in [1.807, 2.05) is 0 Å². The zero-order valence-electron chi connectivity index (χ0n) is 8.85. The van der Waals surface area contributed by atoms with Gasteiger partial charge in [0.05, 0.1) is 11.9 Å². The van der Waals surface area contributed by atoms with Crippen molar-refractivity contribution in [1.29, 1.82) is 0 Å². The maximum absolute atomic E-state index is 11.7. The number of rotatable bonds is 4. The van der Waals surface area contributed by atoms with Crippen molar-refractivity contribution in [1.82, 2.24) is 10.5 Å². The number of anilines is 1. The highest BCUT2D eigenvalue weighted by molar-refractivity contribution is 7.92. The fraction of sp³-hybridized carbons (Fsp3) is 0.667. The van der Waals surface area contributed by atoms with E-state index in [9.17, 15) is 8.42 Å². The Hall–Kier alpha value is -1.08. The van der Waals surface area contributed by atoms with Crippen LogP contribution in [0.4, 0.5) is 5.69 Å². The van der Waals surface area contributed by atoms with E-state index in [0.717, 1.165) is 25.8 Å². The lowest BCUT2D eigenvalue weighted by molar-refractivity contribution is 0.420. The molecule has 1 aromatic heterocycles. The summed E-state index contributed by atoms with van der Waals surface area (Å²) in [4.78, 5) is 0. The third-order valence-electron chi connectivity index (χ3n) is 2.54. The van der Waals surface area contributed by atoms with Gasteiger partial charge < -0.3 is 9.84 Å². The highest BCUT2D eigenvalue weighted by atomic mass is 32.2. The molecule has 0 amide bonds. The van der Waals surface area contributed by atoms with Gasteiger partial charge in [-0.2, -0.15) is 0 Å². The van der Waals surface area contributed by atoms with Crippen LogP contribution in [0.3, 0.4) is 0 Å². The first-order valence-corrected chi connectivity index (χ1v) is 6.94. The Balaban J connectivity index is 1.92. The van der Waals surface area contributed by atoms with Crippen LogP contribution in [0.1, 0.15) is 19.3 Å². The summed E-state index contributed by atoms with van der Waals surface area (Å²) in [5.41, 5.74) is 0.371. The summed E-state index contributed by atoms with van der Waals surface area (Å²) >= 11 is 0. The van der Waals surface area contributed by atoms with Gasteiger partial charge in [0, 0.05) is 6.04 Å². The minimum atomic E-state index is -3.32. The van der Waals surface area contributed by atoms with Gasteiger partial charge in [-0.05, 0) is 19.4 Å². The SMILES string of the molecule is O=S(=O)(CC1CCCCN1)Nc1cnoc1. The molecule has 6 nitrogen and oxygen atoms in total. The van der Waals surface area contributed by atoms with Gasteiger partial charge in [-0.1, -0.05) is 11.6 Å². The lowest BCUT2D eigenvalue weighted by atomic mass is 10.1. The minimum absolute atomic E-state index is 0.0473. The number of piperidine rings is 1. The molecule has 1 unspecified atom stereocenters. The van der Waals surface area contributed by atoms with Crippen molar-refractivity contribution in [2.45, 2.75) is 25.3 Å². The highest BCUT2D eigenvalue weighted by Crippen LogP contribution is 2.12. The molecule has 2 heterocycles. The van der Waals surface area contributed by atoms with Gasteiger partial charge in [-0.15, -0.1) is 0 Å². The molecule has 1 atom stereocenters. The van der Waals surface area contributed by atoms with E-state index in [2.05, 4.69) is 19.7 Å². The van der Waals surface area contributed by atoms with Crippen LogP contribution in [0.5, 0.6) is 0 Å². The molecule has 1 aliphatic heterocycles. The van der Waals surface area contributed by atoms with E-state index < -0.39 is 10.0 Å². The summed E-state index contributed by atoms with van der Waals surface area (Å²) in [7, 11) is -3.32. The van der Waals surface area contributed by atoms with Crippen LogP contribution < -0.4 is 10.0 Å². The predicted octanol–water partition coefficient (Wildman–Crippen LogP) is 0.558. The fourth-order valence-electron chi connectivity index (χ4n) is 1.81. The van der Waals surface area contributed by atoms with Crippen molar-refractivity contribution in [2.75, 3.05) is 17.0 Å². The molecule has 0 radical (unpaired) electrons. The molecule has 0 aliphatic carbocycles. The molecular formula is C9H15N3O3S. The average Bonchev–Trinajstić information content (AvgIpc) is 2.70. The summed E-state index contributed by atoms with van der Waals surface area (Å²) in [6.07, 6.45) is 5.72. The normalized spacial score (nSPS) is 21.9. The van der Waals surface area contributed by atoms with Crippen LogP contribution in [0.15, 0.2) is 17.0 Å². The largest absolute Gasteiger partial charge is 0.362 e. The van der Waals surface area contributed by atoms with E-state index in [1.165, 1.54) is 12.5 Å². The maximum Gasteiger partial charge on any atom is 0.234 e. The first-order valence-electron chi connectivity index (χ1n) is 5.29. The number of hydrogen-bond acceptors (Lipinski definition) is 5. The highest BCUT2D eigenvalue weighted by Gasteiger charge is 2.21. The molecule has 1 aromatic rings. The van der Waals surface area contributed by atoms with Gasteiger partial charge >= 0.3 is 0 Å². The van der Waals surface area contributed by atoms with Crippen LogP contribution in [0, 0.1) is 0 Å². The zero-order valence-corrected chi connectivity index (χ0v) is 9.66. The second kappa shape index (κ2) is 4.84. The molecule has 16 heavy (non-hydrogen) atoms. The molecular weight excluding hydrogens is 230 g/mol. The van der Waals surface area contributed by atoms with Crippen LogP contribution in [0.2, 0.25) is 0 Å². The second-order valence-corrected chi connectivity index (χ2v) is 5.71. The number of nitrogens with zero attached hydrogens (tertiary/aromatic N) is 1. The molecule has 0 saturated carbocycles. The predicted molar refractivity (Wildman–Crippen MR) is 59.6 cm³/mol. The van der Waals surface area contributed by atoms with E-state index in [0.29, 0.717) is 5.69 Å². The molecule has 1 aliphatic rings. The topological polar surface area (TPSA) is 84.2 Å². The summed E-state index contributed by atoms with van der Waals surface area (Å²) in [5, 5.41) is 6.63. The van der Waals surface area contributed by atoms with Gasteiger partial charge in [-0.3, -0.25) is 4.72 Å². The number of aromatic nitrogens is 1. The summed E-state index contributed by atoms with van der Waals surface area (Å²) in [6.45, 7) is 0.896. The first-order chi connectivity index (χ1) is 7.66. The molecule has 7 heteroatoms. The van der Waals surface area contributed by atoms with Gasteiger partial charge in [0.1, 0.15) is 12.0 Å². The molecule has 90 valence electrons. The quantitative estimate of drug-likeness (QED) is 0.809. The van der Waals surface area contributed by atoms with Crippen molar-refractivity contribution in [3.63, 3.8) is 0 Å². The minimum Gasteiger partial charge on any atom is -0.362 e. The van der Waals surface area contributed by atoms with Crippen LogP contribution in [-0.4, -0.2) is 31.9 Å². The molecule has 1 saturated heterocycles. The van der Waals surface area contributed by atoms with E-state index >= 15 is 0 Å². The summed E-state index contributed by atoms with van der Waals surface area (Å²) in [5.74, 6) is 0.0954. The molecule has 2 N–H and O–H groups in total. The van der Waals surface area contributed by atoms with Crippen molar-refractivity contribution in [3.8, 4) is 0 Å². The van der Waals surface area contributed by atoms with Crippen molar-refractivity contribution in [3.05, 3.63) is 12.5 Å². The monoisotopic (exact) mass is 245 g/mol. The smallest absolute Gasteiger partial charge is 0.234 e. The van der Waals surface area contributed by atoms with E-state index in [1.54, 1.807) is 0 Å². The second-order valence-electron chi connectivity index (χ2n) is 3.94. The standard InChI is InChI=1S/C9H15N3O3S/c13-16(14,12-9-5-11-15-6-9)7-8-3-1-2-4-10-8/h5-6,8,10,12H,1-4,7H2. The third kappa shape index (κ3) is 3.21. The number of nitrogens with one attached hydrogen (secondary N) is 2. The maximum atomic E-state index is 11.7. The van der Waals surface area contributed by atoms with Gasteiger partial charge in [0.2, 0.25) is 10.0 Å². The Bertz CT molecular complexity index is 409. The molecule has 0 spiro atoms. The Kier molecular flexibility index (Phi) is 3.45. The van der Waals surface area contributed by atoms with E-state index in [4.69, 9.17) is 0 Å². The van der Waals surface area contributed by atoms with Crippen molar-refractivity contribution >= 4 is 15.7 Å². The third-order valence-corrected chi connectivity index (χ3v) is 3.93. The van der Waals surface area contributed by atoms with Crippen LogP contribution >= 0.6 is 0 Å². The average molecular weight is 245 g/mol. The molecule has 1 fully saturated rings. The van der Waals surface area contributed by atoms with Crippen LogP contribution in [0.25, 0.3) is 0 Å². The molecule has 0 bridgehead atoms. The zero-order chi connectivity index (χ0) is 11.4. The fourth-order valence-corrected chi connectivity index (χ4v) is 3.17. The van der Waals surface area contributed by atoms with Crippen molar-refractivity contribution < 1.29 is 12.9 Å². The summed E-state index contributed by atoms with van der Waals surface area (Å²) in [6, 6.07) is 0.0473. The Labute approximate surface area is 94.4 Å². The first kappa shape index (κ1) is 11.4. The van der Waals surface area contributed by atoms with Gasteiger partial charge in [0.15, 0.2) is 0 Å². The molecule has 0 aromatic carbocycles. The van der Waals surface area contributed by atoms with Gasteiger partial charge in [0.25, 0.3) is 0 Å². The Morgan fingerprint density at radius 2 is 2.44 bits per heavy atom. The lowest BCUT2D eigenvalue weighted by Gasteiger charge is -2.23. The van der Waals surface area contributed by atoms with Crippen LogP contribution in [-0.2, 0) is 10.0 Å². The van der Waals surface area contributed by atoms with Crippen molar-refractivity contribution in [2.24, 2.45) is 0 Å². The van der Waals surface area contributed by atoms with Gasteiger partial charge in [-0.25, -0.2) is 8.42 Å². The number of sulfonamides is 1. The Morgan fingerprint density at radius 1 is 1.56 bits per heavy atom. The lowest BCUT2D eigenvalue weighted by Crippen LogP contribution is -2.40. The van der Waals surface area contributed by atoms with E-state index in [-0.39, 0.29) is 11.8 Å². The summed E-state index contributed by atoms with van der Waals surface area (Å²) < 4.78 is 30.5. The molecule has 2 rings (SSSR count). The Morgan fingerprint density at radius 3 is 3.06 bits per heavy atom. The number of hydrogen-bond donors (Lipinski definition) is 2.